The Kier molecular flexibility index (Phi) is 5.61. The lowest BCUT2D eigenvalue weighted by Crippen LogP contribution is -2.20. The van der Waals surface area contributed by atoms with Crippen molar-refractivity contribution < 1.29 is 14.3 Å². The molecule has 26 heavy (non-hydrogen) atoms. The fraction of sp³-hybridized carbons (Fsp3) is 0.400. The van der Waals surface area contributed by atoms with Crippen molar-refractivity contribution in [3.8, 4) is 5.75 Å². The lowest BCUT2D eigenvalue weighted by Gasteiger charge is -2.21. The van der Waals surface area contributed by atoms with E-state index in [1.54, 1.807) is 31.4 Å². The van der Waals surface area contributed by atoms with E-state index in [1.165, 1.54) is 22.6 Å². The smallest absolute Gasteiger partial charge is 0.256 e. The van der Waals surface area contributed by atoms with Crippen molar-refractivity contribution in [3.63, 3.8) is 0 Å². The highest BCUT2D eigenvalue weighted by Gasteiger charge is 2.28. The van der Waals surface area contributed by atoms with Crippen LogP contribution in [0.5, 0.6) is 5.75 Å². The monoisotopic (exact) mass is 372 g/mol. The highest BCUT2D eigenvalue weighted by Crippen LogP contribution is 2.40. The first kappa shape index (κ1) is 18.5. The molecule has 3 N–H and O–H groups in total. The number of benzene rings is 1. The molecule has 0 saturated carbocycles. The summed E-state index contributed by atoms with van der Waals surface area (Å²) in [5.41, 5.74) is 7.62. The van der Waals surface area contributed by atoms with Crippen molar-refractivity contribution in [3.05, 3.63) is 45.8 Å². The van der Waals surface area contributed by atoms with E-state index >= 15 is 0 Å². The van der Waals surface area contributed by atoms with Gasteiger partial charge in [0.25, 0.3) is 11.8 Å². The molecule has 0 spiro atoms. The predicted molar refractivity (Wildman–Crippen MR) is 104 cm³/mol. The van der Waals surface area contributed by atoms with E-state index < -0.39 is 5.91 Å². The average molecular weight is 372 g/mol. The summed E-state index contributed by atoms with van der Waals surface area (Å²) in [4.78, 5) is 25.8. The van der Waals surface area contributed by atoms with Gasteiger partial charge >= 0.3 is 0 Å². The van der Waals surface area contributed by atoms with Crippen LogP contribution in [-0.2, 0) is 12.8 Å². The first-order valence-electron chi connectivity index (χ1n) is 8.93. The number of ether oxygens (including phenoxy) is 1. The fourth-order valence-electron chi connectivity index (χ4n) is 3.60. The van der Waals surface area contributed by atoms with Crippen molar-refractivity contribution in [1.82, 2.24) is 0 Å². The first-order chi connectivity index (χ1) is 12.5. The van der Waals surface area contributed by atoms with Crippen LogP contribution < -0.4 is 15.8 Å². The SMILES string of the molecule is CCCC1CCc2c(sc(NC(=O)c3cccc(OC)c3)c2C(N)=O)C1. The molecular formula is C20H24N2O3S. The molecule has 0 bridgehead atoms. The van der Waals surface area contributed by atoms with Crippen LogP contribution in [0.2, 0.25) is 0 Å². The van der Waals surface area contributed by atoms with Crippen molar-refractivity contribution in [1.29, 1.82) is 0 Å². The number of nitrogens with one attached hydrogen (secondary N) is 1. The van der Waals surface area contributed by atoms with E-state index in [0.717, 1.165) is 31.2 Å². The van der Waals surface area contributed by atoms with Crippen molar-refractivity contribution in [2.75, 3.05) is 12.4 Å². The van der Waals surface area contributed by atoms with Gasteiger partial charge in [0.05, 0.1) is 12.7 Å². The molecule has 0 saturated heterocycles. The zero-order chi connectivity index (χ0) is 18.7. The highest BCUT2D eigenvalue weighted by atomic mass is 32.1. The Hall–Kier alpha value is -2.34. The number of amides is 2. The molecule has 1 aliphatic carbocycles. The Morgan fingerprint density at radius 2 is 2.19 bits per heavy atom. The summed E-state index contributed by atoms with van der Waals surface area (Å²) in [6.45, 7) is 2.19. The Morgan fingerprint density at radius 3 is 2.88 bits per heavy atom. The van der Waals surface area contributed by atoms with Crippen LogP contribution in [0.25, 0.3) is 0 Å². The molecule has 6 heteroatoms. The topological polar surface area (TPSA) is 81.4 Å². The quantitative estimate of drug-likeness (QED) is 0.804. The maximum absolute atomic E-state index is 12.6. The largest absolute Gasteiger partial charge is 0.497 e. The second-order valence-electron chi connectivity index (χ2n) is 6.66. The van der Waals surface area contributed by atoms with E-state index in [4.69, 9.17) is 10.5 Å². The summed E-state index contributed by atoms with van der Waals surface area (Å²) in [7, 11) is 1.56. The van der Waals surface area contributed by atoms with Crippen LogP contribution in [0.1, 0.15) is 57.3 Å². The molecule has 1 aromatic carbocycles. The van der Waals surface area contributed by atoms with E-state index in [1.807, 2.05) is 0 Å². The number of nitrogens with two attached hydrogens (primary N) is 1. The second kappa shape index (κ2) is 7.91. The minimum atomic E-state index is -0.475. The Balaban J connectivity index is 1.88. The average Bonchev–Trinajstić information content (AvgIpc) is 2.99. The first-order valence-corrected chi connectivity index (χ1v) is 9.74. The molecule has 1 atom stereocenters. The third kappa shape index (κ3) is 3.75. The number of methoxy groups -OCH3 is 1. The van der Waals surface area contributed by atoms with Crippen LogP contribution in [0.3, 0.4) is 0 Å². The van der Waals surface area contributed by atoms with Gasteiger partial charge in [-0.15, -0.1) is 11.3 Å². The Morgan fingerprint density at radius 1 is 1.38 bits per heavy atom. The summed E-state index contributed by atoms with van der Waals surface area (Å²) >= 11 is 1.49. The molecule has 0 radical (unpaired) electrons. The van der Waals surface area contributed by atoms with Gasteiger partial charge in [0.2, 0.25) is 0 Å². The van der Waals surface area contributed by atoms with Crippen molar-refractivity contribution in [2.45, 2.75) is 39.0 Å². The number of anilines is 1. The summed E-state index contributed by atoms with van der Waals surface area (Å²) in [5, 5.41) is 3.45. The number of primary amides is 1. The molecule has 0 fully saturated rings. The lowest BCUT2D eigenvalue weighted by molar-refractivity contribution is 0.1000. The van der Waals surface area contributed by atoms with E-state index in [0.29, 0.717) is 27.8 Å². The normalized spacial score (nSPS) is 16.0. The number of carbonyl (C=O) groups excluding carboxylic acids is 2. The minimum Gasteiger partial charge on any atom is -0.497 e. The molecule has 2 aromatic rings. The zero-order valence-corrected chi connectivity index (χ0v) is 15.9. The lowest BCUT2D eigenvalue weighted by atomic mass is 9.84. The van der Waals surface area contributed by atoms with Gasteiger partial charge in [-0.2, -0.15) is 0 Å². The van der Waals surface area contributed by atoms with Gasteiger partial charge in [0.15, 0.2) is 0 Å². The van der Waals surface area contributed by atoms with Gasteiger partial charge in [-0.05, 0) is 48.9 Å². The molecule has 0 aliphatic heterocycles. The van der Waals surface area contributed by atoms with E-state index in [-0.39, 0.29) is 5.91 Å². The molecule has 2 amide bonds. The highest BCUT2D eigenvalue weighted by molar-refractivity contribution is 7.17. The number of thiophene rings is 1. The maximum Gasteiger partial charge on any atom is 0.256 e. The van der Waals surface area contributed by atoms with Crippen LogP contribution in [0, 0.1) is 5.92 Å². The third-order valence-electron chi connectivity index (χ3n) is 4.87. The molecule has 5 nitrogen and oxygen atoms in total. The predicted octanol–water partition coefficient (Wildman–Crippen LogP) is 4.01. The van der Waals surface area contributed by atoms with Gasteiger partial charge in [-0.1, -0.05) is 25.8 Å². The Labute approximate surface area is 157 Å². The number of fused-ring (bicyclic) bond motifs is 1. The molecule has 1 aliphatic rings. The summed E-state index contributed by atoms with van der Waals surface area (Å²) in [6, 6.07) is 6.93. The summed E-state index contributed by atoms with van der Waals surface area (Å²) < 4.78 is 5.17. The van der Waals surface area contributed by atoms with Crippen LogP contribution in [-0.4, -0.2) is 18.9 Å². The number of hydrogen-bond acceptors (Lipinski definition) is 4. The molecule has 1 unspecified atom stereocenters. The molecule has 3 rings (SSSR count). The molecule has 1 heterocycles. The summed E-state index contributed by atoms with van der Waals surface area (Å²) in [5.74, 6) is 0.516. The third-order valence-corrected chi connectivity index (χ3v) is 6.04. The van der Waals surface area contributed by atoms with Crippen molar-refractivity contribution in [2.24, 2.45) is 11.7 Å². The molecule has 1 aromatic heterocycles. The van der Waals surface area contributed by atoms with Crippen LogP contribution in [0.4, 0.5) is 5.00 Å². The standard InChI is InChI=1S/C20H24N2O3S/c1-3-5-12-8-9-15-16(10-12)26-20(17(15)18(21)23)22-19(24)13-6-4-7-14(11-13)25-2/h4,6-7,11-12H,3,5,8-10H2,1-2H3,(H2,21,23)(H,22,24). The summed E-state index contributed by atoms with van der Waals surface area (Å²) in [6.07, 6.45) is 5.23. The van der Waals surface area contributed by atoms with Gasteiger partial charge in [0, 0.05) is 10.4 Å². The fourth-order valence-corrected chi connectivity index (χ4v) is 4.96. The second-order valence-corrected chi connectivity index (χ2v) is 7.76. The molecular weight excluding hydrogens is 348 g/mol. The van der Waals surface area contributed by atoms with E-state index in [9.17, 15) is 9.59 Å². The van der Waals surface area contributed by atoms with Gasteiger partial charge in [-0.3, -0.25) is 9.59 Å². The maximum atomic E-state index is 12.6. The zero-order valence-electron chi connectivity index (χ0n) is 15.1. The van der Waals surface area contributed by atoms with Gasteiger partial charge < -0.3 is 15.8 Å². The van der Waals surface area contributed by atoms with Gasteiger partial charge in [0.1, 0.15) is 10.8 Å². The Bertz CT molecular complexity index is 828. The number of carbonyl (C=O) groups is 2. The number of hydrogen-bond donors (Lipinski definition) is 2. The molecule has 138 valence electrons. The number of rotatable bonds is 6. The van der Waals surface area contributed by atoms with Crippen LogP contribution >= 0.6 is 11.3 Å². The van der Waals surface area contributed by atoms with Crippen molar-refractivity contribution >= 4 is 28.2 Å². The van der Waals surface area contributed by atoms with E-state index in [2.05, 4.69) is 12.2 Å². The van der Waals surface area contributed by atoms with Gasteiger partial charge in [-0.25, -0.2) is 0 Å². The minimum absolute atomic E-state index is 0.268. The van der Waals surface area contributed by atoms with Crippen LogP contribution in [0.15, 0.2) is 24.3 Å².